The van der Waals surface area contributed by atoms with Crippen LogP contribution in [0.1, 0.15) is 64.0 Å². The molecule has 1 amide bonds. The standard InChI is InChI=1S/C24H41N3O2/c1-24(2,3)22-11-9-21(10-12-22)20-27(23(28)8-5-4-6-13-25)15-7-14-26-16-18-29-19-17-26/h9-12H,4-8,13-20,25H2,1-3H3. The second-order valence-corrected chi connectivity index (χ2v) is 9.17. The molecule has 5 nitrogen and oxygen atoms in total. The van der Waals surface area contributed by atoms with Crippen molar-refractivity contribution in [3.05, 3.63) is 35.4 Å². The highest BCUT2D eigenvalue weighted by Crippen LogP contribution is 2.22. The molecular weight excluding hydrogens is 362 g/mol. The van der Waals surface area contributed by atoms with E-state index in [2.05, 4.69) is 54.8 Å². The number of amides is 1. The molecule has 0 bridgehead atoms. The number of nitrogens with zero attached hydrogens (tertiary/aromatic N) is 2. The number of carbonyl (C=O) groups is 1. The zero-order valence-corrected chi connectivity index (χ0v) is 18.8. The van der Waals surface area contributed by atoms with Crippen molar-refractivity contribution in [3.8, 4) is 0 Å². The predicted molar refractivity (Wildman–Crippen MR) is 120 cm³/mol. The van der Waals surface area contributed by atoms with Crippen LogP contribution < -0.4 is 5.73 Å². The van der Waals surface area contributed by atoms with Gasteiger partial charge in [0.05, 0.1) is 13.2 Å². The van der Waals surface area contributed by atoms with Crippen LogP contribution in [0.2, 0.25) is 0 Å². The maximum Gasteiger partial charge on any atom is 0.222 e. The monoisotopic (exact) mass is 403 g/mol. The van der Waals surface area contributed by atoms with Gasteiger partial charge in [-0.3, -0.25) is 9.69 Å². The Kier molecular flexibility index (Phi) is 10.1. The van der Waals surface area contributed by atoms with E-state index in [1.54, 1.807) is 0 Å². The Morgan fingerprint density at radius 3 is 2.38 bits per heavy atom. The molecule has 1 aromatic rings. The summed E-state index contributed by atoms with van der Waals surface area (Å²) in [4.78, 5) is 17.4. The number of morpholine rings is 1. The molecule has 0 spiro atoms. The average molecular weight is 404 g/mol. The second kappa shape index (κ2) is 12.3. The van der Waals surface area contributed by atoms with Crippen molar-refractivity contribution in [1.29, 1.82) is 0 Å². The molecule has 0 atom stereocenters. The molecule has 0 saturated carbocycles. The van der Waals surface area contributed by atoms with Gasteiger partial charge >= 0.3 is 0 Å². The van der Waals surface area contributed by atoms with Crippen LogP contribution in [-0.2, 0) is 21.5 Å². The number of hydrogen-bond acceptors (Lipinski definition) is 4. The van der Waals surface area contributed by atoms with Crippen LogP contribution in [0, 0.1) is 0 Å². The molecule has 1 saturated heterocycles. The zero-order chi connectivity index (χ0) is 21.1. The van der Waals surface area contributed by atoms with Crippen molar-refractivity contribution in [1.82, 2.24) is 9.80 Å². The lowest BCUT2D eigenvalue weighted by Gasteiger charge is -2.28. The molecule has 0 radical (unpaired) electrons. The highest BCUT2D eigenvalue weighted by molar-refractivity contribution is 5.76. The first kappa shape index (κ1) is 23.8. The Morgan fingerprint density at radius 1 is 1.07 bits per heavy atom. The molecule has 1 aromatic carbocycles. The van der Waals surface area contributed by atoms with Gasteiger partial charge < -0.3 is 15.4 Å². The van der Waals surface area contributed by atoms with Gasteiger partial charge in [-0.15, -0.1) is 0 Å². The molecule has 0 aliphatic carbocycles. The van der Waals surface area contributed by atoms with Crippen LogP contribution in [0.4, 0.5) is 0 Å². The summed E-state index contributed by atoms with van der Waals surface area (Å²) in [6, 6.07) is 8.76. The fraction of sp³-hybridized carbons (Fsp3) is 0.708. The summed E-state index contributed by atoms with van der Waals surface area (Å²) < 4.78 is 5.43. The van der Waals surface area contributed by atoms with E-state index in [0.29, 0.717) is 19.5 Å². The normalized spacial score (nSPS) is 15.4. The smallest absolute Gasteiger partial charge is 0.222 e. The topological polar surface area (TPSA) is 58.8 Å². The molecule has 1 fully saturated rings. The second-order valence-electron chi connectivity index (χ2n) is 9.17. The number of ether oxygens (including phenoxy) is 1. The Labute approximate surface area is 177 Å². The molecule has 0 aromatic heterocycles. The van der Waals surface area contributed by atoms with E-state index in [9.17, 15) is 4.79 Å². The lowest BCUT2D eigenvalue weighted by molar-refractivity contribution is -0.132. The highest BCUT2D eigenvalue weighted by Gasteiger charge is 2.17. The number of hydrogen-bond donors (Lipinski definition) is 1. The summed E-state index contributed by atoms with van der Waals surface area (Å²) in [5.74, 6) is 0.267. The minimum Gasteiger partial charge on any atom is -0.379 e. The van der Waals surface area contributed by atoms with Crippen molar-refractivity contribution in [2.24, 2.45) is 5.73 Å². The summed E-state index contributed by atoms with van der Waals surface area (Å²) in [7, 11) is 0. The molecule has 0 unspecified atom stereocenters. The van der Waals surface area contributed by atoms with Crippen LogP contribution in [0.5, 0.6) is 0 Å². The van der Waals surface area contributed by atoms with Crippen molar-refractivity contribution < 1.29 is 9.53 Å². The first-order valence-electron chi connectivity index (χ1n) is 11.3. The summed E-state index contributed by atoms with van der Waals surface area (Å²) in [5, 5.41) is 0. The number of nitrogens with two attached hydrogens (primary N) is 1. The lowest BCUT2D eigenvalue weighted by Crippen LogP contribution is -2.39. The van der Waals surface area contributed by atoms with Gasteiger partial charge in [0.25, 0.3) is 0 Å². The van der Waals surface area contributed by atoms with Crippen molar-refractivity contribution in [2.45, 2.75) is 64.8 Å². The van der Waals surface area contributed by atoms with Gasteiger partial charge in [-0.1, -0.05) is 51.5 Å². The summed E-state index contributed by atoms with van der Waals surface area (Å²) in [6.45, 7) is 13.6. The highest BCUT2D eigenvalue weighted by atomic mass is 16.5. The molecular formula is C24H41N3O2. The third-order valence-electron chi connectivity index (χ3n) is 5.65. The number of rotatable bonds is 11. The van der Waals surface area contributed by atoms with Gasteiger partial charge in [0.1, 0.15) is 0 Å². The molecule has 2 rings (SSSR count). The van der Waals surface area contributed by atoms with Crippen LogP contribution in [0.15, 0.2) is 24.3 Å². The van der Waals surface area contributed by atoms with E-state index in [1.807, 2.05) is 0 Å². The van der Waals surface area contributed by atoms with Crippen LogP contribution in [0.3, 0.4) is 0 Å². The van der Waals surface area contributed by atoms with E-state index < -0.39 is 0 Å². The van der Waals surface area contributed by atoms with Crippen LogP contribution in [0.25, 0.3) is 0 Å². The largest absolute Gasteiger partial charge is 0.379 e. The third kappa shape index (κ3) is 8.85. The summed E-state index contributed by atoms with van der Waals surface area (Å²) in [6.07, 6.45) is 4.59. The van der Waals surface area contributed by atoms with Gasteiger partial charge in [-0.25, -0.2) is 0 Å². The number of unbranched alkanes of at least 4 members (excludes halogenated alkanes) is 2. The molecule has 1 aliphatic rings. The van der Waals surface area contributed by atoms with E-state index in [0.717, 1.165) is 65.1 Å². The summed E-state index contributed by atoms with van der Waals surface area (Å²) in [5.41, 5.74) is 8.26. The molecule has 164 valence electrons. The average Bonchev–Trinajstić information content (AvgIpc) is 2.71. The maximum atomic E-state index is 12.9. The Morgan fingerprint density at radius 2 is 1.76 bits per heavy atom. The van der Waals surface area contributed by atoms with Crippen molar-refractivity contribution in [3.63, 3.8) is 0 Å². The molecule has 1 aliphatic heterocycles. The Hall–Kier alpha value is -1.43. The predicted octanol–water partition coefficient (Wildman–Crippen LogP) is 3.55. The molecule has 5 heteroatoms. The maximum absolute atomic E-state index is 12.9. The fourth-order valence-corrected chi connectivity index (χ4v) is 3.69. The minimum atomic E-state index is 0.148. The van der Waals surface area contributed by atoms with Crippen LogP contribution >= 0.6 is 0 Å². The van der Waals surface area contributed by atoms with Gasteiger partial charge in [0.15, 0.2) is 0 Å². The van der Waals surface area contributed by atoms with E-state index >= 15 is 0 Å². The van der Waals surface area contributed by atoms with Crippen molar-refractivity contribution >= 4 is 5.91 Å². The first-order valence-corrected chi connectivity index (χ1v) is 11.3. The van der Waals surface area contributed by atoms with Crippen molar-refractivity contribution in [2.75, 3.05) is 45.9 Å². The number of carbonyl (C=O) groups excluding carboxylic acids is 1. The molecule has 2 N–H and O–H groups in total. The number of benzene rings is 1. The van der Waals surface area contributed by atoms with Gasteiger partial charge in [-0.2, -0.15) is 0 Å². The van der Waals surface area contributed by atoms with E-state index in [-0.39, 0.29) is 11.3 Å². The molecule has 1 heterocycles. The SMILES string of the molecule is CC(C)(C)c1ccc(CN(CCCN2CCOCC2)C(=O)CCCCCN)cc1. The zero-order valence-electron chi connectivity index (χ0n) is 18.8. The fourth-order valence-electron chi connectivity index (χ4n) is 3.69. The Bertz CT molecular complexity index is 589. The van der Waals surface area contributed by atoms with Gasteiger partial charge in [-0.05, 0) is 42.3 Å². The summed E-state index contributed by atoms with van der Waals surface area (Å²) >= 11 is 0. The minimum absolute atomic E-state index is 0.148. The van der Waals surface area contributed by atoms with Crippen LogP contribution in [-0.4, -0.2) is 61.6 Å². The molecule has 29 heavy (non-hydrogen) atoms. The van der Waals surface area contributed by atoms with E-state index in [4.69, 9.17) is 10.5 Å². The quantitative estimate of drug-likeness (QED) is 0.574. The first-order chi connectivity index (χ1) is 13.9. The van der Waals surface area contributed by atoms with Gasteiger partial charge in [0, 0.05) is 39.1 Å². The lowest BCUT2D eigenvalue weighted by atomic mass is 9.87. The van der Waals surface area contributed by atoms with Gasteiger partial charge in [0.2, 0.25) is 5.91 Å². The third-order valence-corrected chi connectivity index (χ3v) is 5.65. The van der Waals surface area contributed by atoms with E-state index in [1.165, 1.54) is 11.1 Å². The Balaban J connectivity index is 1.92.